The highest BCUT2D eigenvalue weighted by Gasteiger charge is 2.30. The Labute approximate surface area is 65.3 Å². The van der Waals surface area contributed by atoms with Crippen LogP contribution in [-0.2, 0) is 4.79 Å². The topological polar surface area (TPSA) is 63.4 Å². The summed E-state index contributed by atoms with van der Waals surface area (Å²) in [6, 6.07) is -0.741. The molecule has 0 aromatic heterocycles. The highest BCUT2D eigenvalue weighted by Crippen LogP contribution is 2.16. The van der Waals surface area contributed by atoms with Gasteiger partial charge in [0.1, 0.15) is 0 Å². The molecule has 1 saturated heterocycles. The lowest BCUT2D eigenvalue weighted by Crippen LogP contribution is -2.42. The standard InChI is InChI=1S/C7H12N2O2/c1-5(10)6-3-2-4-9(6)7(8)11/h6H,2-4H2,1H3,(H2,8,11). The van der Waals surface area contributed by atoms with E-state index in [-0.39, 0.29) is 11.8 Å². The molecule has 0 saturated carbocycles. The van der Waals surface area contributed by atoms with E-state index in [9.17, 15) is 9.59 Å². The van der Waals surface area contributed by atoms with Crippen LogP contribution in [0, 0.1) is 0 Å². The normalized spacial score (nSPS) is 23.7. The van der Waals surface area contributed by atoms with Gasteiger partial charge < -0.3 is 10.6 Å². The van der Waals surface area contributed by atoms with Crippen LogP contribution in [0.3, 0.4) is 0 Å². The molecule has 1 unspecified atom stereocenters. The molecule has 1 heterocycles. The van der Waals surface area contributed by atoms with E-state index < -0.39 is 6.03 Å². The zero-order valence-electron chi connectivity index (χ0n) is 6.54. The first kappa shape index (κ1) is 8.04. The van der Waals surface area contributed by atoms with Crippen molar-refractivity contribution in [2.24, 2.45) is 5.73 Å². The number of ketones is 1. The Morgan fingerprint density at radius 2 is 2.18 bits per heavy atom. The molecule has 62 valence electrons. The molecule has 0 aromatic rings. The predicted octanol–water partition coefficient (Wildman–Crippen LogP) is 0.118. The average molecular weight is 156 g/mol. The highest BCUT2D eigenvalue weighted by molar-refractivity contribution is 5.86. The molecule has 0 spiro atoms. The van der Waals surface area contributed by atoms with Crippen LogP contribution in [0.25, 0.3) is 0 Å². The van der Waals surface area contributed by atoms with Crippen molar-refractivity contribution in [3.8, 4) is 0 Å². The maximum Gasteiger partial charge on any atom is 0.315 e. The minimum atomic E-state index is -0.484. The molecule has 1 aliphatic rings. The van der Waals surface area contributed by atoms with E-state index >= 15 is 0 Å². The molecule has 4 heteroatoms. The maximum absolute atomic E-state index is 10.9. The summed E-state index contributed by atoms with van der Waals surface area (Å²) in [5.41, 5.74) is 5.06. The molecule has 0 radical (unpaired) electrons. The fourth-order valence-electron chi connectivity index (χ4n) is 1.45. The molecule has 1 rings (SSSR count). The third-order valence-corrected chi connectivity index (χ3v) is 2.01. The second kappa shape index (κ2) is 2.90. The van der Waals surface area contributed by atoms with Gasteiger partial charge in [0.05, 0.1) is 6.04 Å². The fourth-order valence-corrected chi connectivity index (χ4v) is 1.45. The average Bonchev–Trinajstić information content (AvgIpc) is 2.32. The van der Waals surface area contributed by atoms with Crippen LogP contribution < -0.4 is 5.73 Å². The SMILES string of the molecule is CC(=O)C1CCCN1C(N)=O. The molecule has 1 aliphatic heterocycles. The number of urea groups is 1. The van der Waals surface area contributed by atoms with Gasteiger partial charge >= 0.3 is 6.03 Å². The third-order valence-electron chi connectivity index (χ3n) is 2.01. The first-order valence-electron chi connectivity index (χ1n) is 3.69. The molecule has 11 heavy (non-hydrogen) atoms. The summed E-state index contributed by atoms with van der Waals surface area (Å²) in [4.78, 5) is 23.1. The zero-order valence-corrected chi connectivity index (χ0v) is 6.54. The summed E-state index contributed by atoms with van der Waals surface area (Å²) < 4.78 is 0. The number of hydrogen-bond donors (Lipinski definition) is 1. The second-order valence-corrected chi connectivity index (χ2v) is 2.80. The van der Waals surface area contributed by atoms with Crippen molar-refractivity contribution in [2.45, 2.75) is 25.8 Å². The Hall–Kier alpha value is -1.06. The highest BCUT2D eigenvalue weighted by atomic mass is 16.2. The van der Waals surface area contributed by atoms with Crippen LogP contribution in [0.1, 0.15) is 19.8 Å². The molecule has 1 atom stereocenters. The Bertz CT molecular complexity index is 171. The number of likely N-dealkylation sites (tertiary alicyclic amines) is 1. The van der Waals surface area contributed by atoms with Crippen molar-refractivity contribution >= 4 is 11.8 Å². The largest absolute Gasteiger partial charge is 0.351 e. The van der Waals surface area contributed by atoms with E-state index in [1.165, 1.54) is 11.8 Å². The zero-order chi connectivity index (χ0) is 8.43. The summed E-state index contributed by atoms with van der Waals surface area (Å²) in [6.45, 7) is 2.12. The second-order valence-electron chi connectivity index (χ2n) is 2.80. The van der Waals surface area contributed by atoms with Crippen LogP contribution in [0.15, 0.2) is 0 Å². The van der Waals surface area contributed by atoms with Crippen LogP contribution >= 0.6 is 0 Å². The van der Waals surface area contributed by atoms with E-state index in [1.54, 1.807) is 0 Å². The third kappa shape index (κ3) is 1.50. The van der Waals surface area contributed by atoms with Crippen LogP contribution in [0.2, 0.25) is 0 Å². The Balaban J connectivity index is 2.65. The van der Waals surface area contributed by atoms with Crippen molar-refractivity contribution in [3.63, 3.8) is 0 Å². The van der Waals surface area contributed by atoms with E-state index in [2.05, 4.69) is 0 Å². The number of nitrogens with zero attached hydrogens (tertiary/aromatic N) is 1. The summed E-state index contributed by atoms with van der Waals surface area (Å²) in [6.07, 6.45) is 1.64. The monoisotopic (exact) mass is 156 g/mol. The molecule has 2 amide bonds. The number of carbonyl (C=O) groups is 2. The lowest BCUT2D eigenvalue weighted by Gasteiger charge is -2.19. The van der Waals surface area contributed by atoms with Crippen molar-refractivity contribution in [2.75, 3.05) is 6.54 Å². The number of hydrogen-bond acceptors (Lipinski definition) is 2. The minimum absolute atomic E-state index is 0.0290. The number of amides is 2. The molecule has 0 aromatic carbocycles. The van der Waals surface area contributed by atoms with Crippen molar-refractivity contribution in [1.29, 1.82) is 0 Å². The summed E-state index contributed by atoms with van der Waals surface area (Å²) >= 11 is 0. The molecular formula is C7H12N2O2. The predicted molar refractivity (Wildman–Crippen MR) is 40.0 cm³/mol. The van der Waals surface area contributed by atoms with Crippen molar-refractivity contribution < 1.29 is 9.59 Å². The lowest BCUT2D eigenvalue weighted by molar-refractivity contribution is -0.120. The van der Waals surface area contributed by atoms with Crippen molar-refractivity contribution in [3.05, 3.63) is 0 Å². The number of carbonyl (C=O) groups excluding carboxylic acids is 2. The van der Waals surface area contributed by atoms with Crippen LogP contribution in [0.4, 0.5) is 4.79 Å². The number of nitrogens with two attached hydrogens (primary N) is 1. The van der Waals surface area contributed by atoms with Gasteiger partial charge in [-0.2, -0.15) is 0 Å². The molecule has 4 nitrogen and oxygen atoms in total. The quantitative estimate of drug-likeness (QED) is 0.586. The van der Waals surface area contributed by atoms with E-state index in [4.69, 9.17) is 5.73 Å². The number of primary amides is 1. The first-order chi connectivity index (χ1) is 5.13. The summed E-state index contributed by atoms with van der Waals surface area (Å²) in [5, 5.41) is 0. The van der Waals surface area contributed by atoms with Gasteiger partial charge in [-0.15, -0.1) is 0 Å². The van der Waals surface area contributed by atoms with Gasteiger partial charge in [-0.1, -0.05) is 0 Å². The van der Waals surface area contributed by atoms with Crippen LogP contribution in [0.5, 0.6) is 0 Å². The Morgan fingerprint density at radius 1 is 1.55 bits per heavy atom. The van der Waals surface area contributed by atoms with Gasteiger partial charge in [0.25, 0.3) is 0 Å². The van der Waals surface area contributed by atoms with Crippen molar-refractivity contribution in [1.82, 2.24) is 4.90 Å². The Morgan fingerprint density at radius 3 is 2.55 bits per heavy atom. The van der Waals surface area contributed by atoms with Gasteiger partial charge in [-0.25, -0.2) is 4.79 Å². The summed E-state index contributed by atoms with van der Waals surface area (Å²) in [5.74, 6) is 0.0290. The summed E-state index contributed by atoms with van der Waals surface area (Å²) in [7, 11) is 0. The van der Waals surface area contributed by atoms with Gasteiger partial charge in [0.2, 0.25) is 0 Å². The molecule has 2 N–H and O–H groups in total. The molecule has 1 fully saturated rings. The smallest absolute Gasteiger partial charge is 0.315 e. The Kier molecular flexibility index (Phi) is 2.12. The molecular weight excluding hydrogens is 144 g/mol. The molecule has 0 aliphatic carbocycles. The molecule has 0 bridgehead atoms. The van der Waals surface area contributed by atoms with E-state index in [1.807, 2.05) is 0 Å². The fraction of sp³-hybridized carbons (Fsp3) is 0.714. The van der Waals surface area contributed by atoms with Gasteiger partial charge in [-0.3, -0.25) is 4.79 Å². The number of Topliss-reactive ketones (excluding diaryl/α,β-unsaturated/α-hetero) is 1. The minimum Gasteiger partial charge on any atom is -0.351 e. The first-order valence-corrected chi connectivity index (χ1v) is 3.69. The van der Waals surface area contributed by atoms with Gasteiger partial charge in [-0.05, 0) is 19.8 Å². The van der Waals surface area contributed by atoms with Gasteiger partial charge in [0.15, 0.2) is 5.78 Å². The van der Waals surface area contributed by atoms with E-state index in [0.717, 1.165) is 12.8 Å². The van der Waals surface area contributed by atoms with Gasteiger partial charge in [0, 0.05) is 6.54 Å². The van der Waals surface area contributed by atoms with Crippen LogP contribution in [-0.4, -0.2) is 29.3 Å². The van der Waals surface area contributed by atoms with E-state index in [0.29, 0.717) is 6.54 Å². The maximum atomic E-state index is 10.9. The number of rotatable bonds is 1. The lowest BCUT2D eigenvalue weighted by atomic mass is 10.1.